The number of nitrogens with two attached hydrogens (primary N) is 1. The molecule has 0 unspecified atom stereocenters. The second-order valence-electron chi connectivity index (χ2n) is 5.98. The van der Waals surface area contributed by atoms with Gasteiger partial charge in [0.05, 0.1) is 5.69 Å². The first-order valence-corrected chi connectivity index (χ1v) is 8.67. The highest BCUT2D eigenvalue weighted by Crippen LogP contribution is 2.35. The predicted octanol–water partition coefficient (Wildman–Crippen LogP) is 3.15. The largest absolute Gasteiger partial charge is 0.454 e. The van der Waals surface area contributed by atoms with Gasteiger partial charge in [-0.1, -0.05) is 6.07 Å². The van der Waals surface area contributed by atoms with Crippen molar-refractivity contribution in [1.82, 2.24) is 10.3 Å². The molecule has 3 aromatic rings. The van der Waals surface area contributed by atoms with Gasteiger partial charge in [-0.15, -0.1) is 11.3 Å². The summed E-state index contributed by atoms with van der Waals surface area (Å²) < 4.78 is 10.6. The molecule has 3 N–H and O–H groups in total. The van der Waals surface area contributed by atoms with E-state index in [-0.39, 0.29) is 12.7 Å². The van der Waals surface area contributed by atoms with Crippen molar-refractivity contribution < 1.29 is 14.3 Å². The number of thiophene rings is 1. The molecule has 25 heavy (non-hydrogen) atoms. The van der Waals surface area contributed by atoms with E-state index < -0.39 is 0 Å². The Hall–Kier alpha value is -2.80. The number of nitrogens with zero attached hydrogens (tertiary/aromatic N) is 1. The van der Waals surface area contributed by atoms with Gasteiger partial charge in [-0.3, -0.25) is 4.79 Å². The number of carbonyl (C=O) groups excluding carboxylic acids is 1. The minimum atomic E-state index is -0.199. The van der Waals surface area contributed by atoms with Crippen LogP contribution in [0.25, 0.3) is 10.2 Å². The first-order valence-electron chi connectivity index (χ1n) is 7.86. The number of nitrogen functional groups attached to an aromatic ring is 1. The van der Waals surface area contributed by atoms with Crippen molar-refractivity contribution in [2.75, 3.05) is 12.5 Å². The van der Waals surface area contributed by atoms with Crippen molar-refractivity contribution >= 4 is 33.1 Å². The number of pyridine rings is 1. The number of hydrogen-bond donors (Lipinski definition) is 2. The number of nitrogens with one attached hydrogen (secondary N) is 1. The number of benzene rings is 1. The number of hydrogen-bond acceptors (Lipinski definition) is 6. The van der Waals surface area contributed by atoms with Crippen LogP contribution in [0.4, 0.5) is 5.69 Å². The van der Waals surface area contributed by atoms with Gasteiger partial charge in [-0.25, -0.2) is 4.98 Å². The number of anilines is 1. The first kappa shape index (κ1) is 15.7. The summed E-state index contributed by atoms with van der Waals surface area (Å²) in [5.41, 5.74) is 9.58. The highest BCUT2D eigenvalue weighted by Gasteiger charge is 2.19. The maximum atomic E-state index is 12.6. The maximum Gasteiger partial charge on any atom is 0.263 e. The van der Waals surface area contributed by atoms with Crippen LogP contribution in [0.3, 0.4) is 0 Å². The van der Waals surface area contributed by atoms with Crippen LogP contribution in [0, 0.1) is 13.8 Å². The van der Waals surface area contributed by atoms with Crippen molar-refractivity contribution in [2.24, 2.45) is 0 Å². The number of fused-ring (bicyclic) bond motifs is 2. The van der Waals surface area contributed by atoms with Crippen LogP contribution in [-0.4, -0.2) is 17.7 Å². The van der Waals surface area contributed by atoms with Crippen molar-refractivity contribution in [3.05, 3.63) is 46.0 Å². The van der Waals surface area contributed by atoms with E-state index in [1.54, 1.807) is 0 Å². The smallest absolute Gasteiger partial charge is 0.263 e. The van der Waals surface area contributed by atoms with E-state index in [4.69, 9.17) is 15.2 Å². The van der Waals surface area contributed by atoms with Gasteiger partial charge in [0.25, 0.3) is 5.91 Å². The van der Waals surface area contributed by atoms with Crippen molar-refractivity contribution in [2.45, 2.75) is 20.4 Å². The zero-order chi connectivity index (χ0) is 17.6. The van der Waals surface area contributed by atoms with Gasteiger partial charge < -0.3 is 20.5 Å². The molecule has 1 aliphatic rings. The highest BCUT2D eigenvalue weighted by atomic mass is 32.1. The van der Waals surface area contributed by atoms with Crippen LogP contribution in [0.15, 0.2) is 24.3 Å². The van der Waals surface area contributed by atoms with E-state index in [1.807, 2.05) is 38.1 Å². The Labute approximate surface area is 148 Å². The van der Waals surface area contributed by atoms with Gasteiger partial charge in [-0.05, 0) is 43.2 Å². The van der Waals surface area contributed by atoms with E-state index in [2.05, 4.69) is 10.3 Å². The Morgan fingerprint density at radius 3 is 2.92 bits per heavy atom. The van der Waals surface area contributed by atoms with Crippen LogP contribution >= 0.6 is 11.3 Å². The molecular formula is C18H17N3O3S. The fraction of sp³-hybridized carbons (Fsp3) is 0.222. The molecule has 0 aliphatic carbocycles. The lowest BCUT2D eigenvalue weighted by Gasteiger charge is -2.06. The van der Waals surface area contributed by atoms with E-state index in [1.165, 1.54) is 11.3 Å². The third-order valence-electron chi connectivity index (χ3n) is 4.12. The van der Waals surface area contributed by atoms with Crippen molar-refractivity contribution in [1.29, 1.82) is 0 Å². The molecule has 1 aromatic carbocycles. The third-order valence-corrected chi connectivity index (χ3v) is 5.22. The summed E-state index contributed by atoms with van der Waals surface area (Å²) in [4.78, 5) is 18.4. The van der Waals surface area contributed by atoms with Crippen LogP contribution in [0.1, 0.15) is 26.5 Å². The minimum absolute atomic E-state index is 0.199. The average molecular weight is 355 g/mol. The Morgan fingerprint density at radius 1 is 1.28 bits per heavy atom. The van der Waals surface area contributed by atoms with Crippen LogP contribution < -0.4 is 20.5 Å². The number of aryl methyl sites for hydroxylation is 2. The zero-order valence-corrected chi connectivity index (χ0v) is 14.7. The van der Waals surface area contributed by atoms with Gasteiger partial charge >= 0.3 is 0 Å². The van der Waals surface area contributed by atoms with Gasteiger partial charge in [-0.2, -0.15) is 0 Å². The second-order valence-corrected chi connectivity index (χ2v) is 6.97. The van der Waals surface area contributed by atoms with E-state index >= 15 is 0 Å². The van der Waals surface area contributed by atoms with E-state index in [9.17, 15) is 4.79 Å². The molecule has 0 spiro atoms. The number of aromatic nitrogens is 1. The summed E-state index contributed by atoms with van der Waals surface area (Å²) in [6.07, 6.45) is 0. The van der Waals surface area contributed by atoms with Crippen molar-refractivity contribution in [3.8, 4) is 11.5 Å². The Bertz CT molecular complexity index is 997. The Morgan fingerprint density at radius 2 is 2.08 bits per heavy atom. The summed E-state index contributed by atoms with van der Waals surface area (Å²) in [7, 11) is 0. The first-order chi connectivity index (χ1) is 12.0. The van der Waals surface area contributed by atoms with E-state index in [0.717, 1.165) is 32.8 Å². The molecule has 0 fully saturated rings. The fourth-order valence-electron chi connectivity index (χ4n) is 2.95. The molecule has 1 aliphatic heterocycles. The Balaban J connectivity index is 1.56. The standard InChI is InChI=1S/C18H17N3O3S/c1-9-5-10(2)21-18-14(9)15(19)16(25-18)17(22)20-7-11-3-4-12-13(6-11)24-8-23-12/h3-6H,7-8,19H2,1-2H3,(H,20,22). The molecule has 4 rings (SSSR count). The third kappa shape index (κ3) is 2.76. The van der Waals surface area contributed by atoms with Crippen LogP contribution in [0.5, 0.6) is 11.5 Å². The molecule has 128 valence electrons. The number of amides is 1. The molecule has 0 saturated heterocycles. The second kappa shape index (κ2) is 5.93. The molecule has 1 amide bonds. The monoisotopic (exact) mass is 355 g/mol. The predicted molar refractivity (Wildman–Crippen MR) is 97.2 cm³/mol. The molecule has 6 nitrogen and oxygen atoms in total. The summed E-state index contributed by atoms with van der Waals surface area (Å²) in [5, 5.41) is 3.77. The summed E-state index contributed by atoms with van der Waals surface area (Å²) in [5.74, 6) is 1.22. The van der Waals surface area contributed by atoms with Gasteiger partial charge in [0, 0.05) is 17.6 Å². The van der Waals surface area contributed by atoms with E-state index in [0.29, 0.717) is 22.9 Å². The van der Waals surface area contributed by atoms with Gasteiger partial charge in [0.15, 0.2) is 11.5 Å². The summed E-state index contributed by atoms with van der Waals surface area (Å²) >= 11 is 1.32. The van der Waals surface area contributed by atoms with Gasteiger partial charge in [0.2, 0.25) is 6.79 Å². The normalized spacial score (nSPS) is 12.6. The molecule has 3 heterocycles. The molecular weight excluding hydrogens is 338 g/mol. The van der Waals surface area contributed by atoms with Crippen LogP contribution in [0.2, 0.25) is 0 Å². The van der Waals surface area contributed by atoms with Crippen molar-refractivity contribution in [3.63, 3.8) is 0 Å². The maximum absolute atomic E-state index is 12.6. The summed E-state index contributed by atoms with van der Waals surface area (Å²) in [6.45, 7) is 4.53. The molecule has 0 atom stereocenters. The molecule has 0 bridgehead atoms. The lowest BCUT2D eigenvalue weighted by atomic mass is 10.1. The highest BCUT2D eigenvalue weighted by molar-refractivity contribution is 7.21. The average Bonchev–Trinajstić information content (AvgIpc) is 3.16. The number of ether oxygens (including phenoxy) is 2. The van der Waals surface area contributed by atoms with Gasteiger partial charge in [0.1, 0.15) is 9.71 Å². The van der Waals surface area contributed by atoms with Crippen LogP contribution in [-0.2, 0) is 6.54 Å². The lowest BCUT2D eigenvalue weighted by Crippen LogP contribution is -2.22. The lowest BCUT2D eigenvalue weighted by molar-refractivity contribution is 0.0955. The number of carbonyl (C=O) groups is 1. The molecule has 2 aromatic heterocycles. The SMILES string of the molecule is Cc1cc(C)c2c(N)c(C(=O)NCc3ccc4c(c3)OCO4)sc2n1. The Kier molecular flexibility index (Phi) is 3.73. The molecule has 0 saturated carbocycles. The fourth-order valence-corrected chi connectivity index (χ4v) is 4.08. The topological polar surface area (TPSA) is 86.5 Å². The minimum Gasteiger partial charge on any atom is -0.454 e. The molecule has 0 radical (unpaired) electrons. The molecule has 7 heteroatoms. The number of rotatable bonds is 3. The quantitative estimate of drug-likeness (QED) is 0.754. The summed E-state index contributed by atoms with van der Waals surface area (Å²) in [6, 6.07) is 7.58. The zero-order valence-electron chi connectivity index (χ0n) is 13.9.